The minimum Gasteiger partial charge on any atom is -0.391 e. The van der Waals surface area contributed by atoms with Gasteiger partial charge in [-0.3, -0.25) is 4.79 Å². The van der Waals surface area contributed by atoms with Crippen molar-refractivity contribution in [3.8, 4) is 0 Å². The highest BCUT2D eigenvalue weighted by atomic mass is 16.3. The Hall–Kier alpha value is -1.55. The average molecular weight is 262 g/mol. The Kier molecular flexibility index (Phi) is 4.43. The number of aryl methyl sites for hydroxylation is 1. The third-order valence-corrected chi connectivity index (χ3v) is 3.60. The van der Waals surface area contributed by atoms with Crippen molar-refractivity contribution < 1.29 is 9.90 Å². The SMILES string of the molecule is CN(C)c1ccc(CCC(=O)N2CC[C@@H](O)C2)cc1. The monoisotopic (exact) mass is 262 g/mol. The molecule has 0 saturated carbocycles. The molecule has 104 valence electrons. The number of aliphatic hydroxyl groups is 1. The van der Waals surface area contributed by atoms with Crippen molar-refractivity contribution in [3.05, 3.63) is 29.8 Å². The molecule has 1 saturated heterocycles. The molecule has 0 aliphatic carbocycles. The third-order valence-electron chi connectivity index (χ3n) is 3.60. The molecule has 1 aliphatic heterocycles. The Morgan fingerprint density at radius 1 is 1.37 bits per heavy atom. The zero-order chi connectivity index (χ0) is 13.8. The quantitative estimate of drug-likeness (QED) is 0.889. The standard InChI is InChI=1S/C15H22N2O2/c1-16(2)13-6-3-12(4-7-13)5-8-15(19)17-10-9-14(18)11-17/h3-4,6-7,14,18H,5,8-11H2,1-2H3/t14-/m1/s1. The van der Waals surface area contributed by atoms with E-state index in [-0.39, 0.29) is 12.0 Å². The number of β-amino-alcohol motifs (C(OH)–C–C–N with tert-alkyl or cyclic N) is 1. The number of carbonyl (C=O) groups excluding carboxylic acids is 1. The first-order valence-electron chi connectivity index (χ1n) is 6.78. The molecule has 1 aliphatic rings. The fourth-order valence-corrected chi connectivity index (χ4v) is 2.34. The molecule has 2 rings (SSSR count). The predicted molar refractivity (Wildman–Crippen MR) is 76.3 cm³/mol. The summed E-state index contributed by atoms with van der Waals surface area (Å²) in [7, 11) is 4.02. The van der Waals surface area contributed by atoms with Crippen LogP contribution in [0.2, 0.25) is 0 Å². The second-order valence-electron chi connectivity index (χ2n) is 5.34. The van der Waals surface area contributed by atoms with Crippen LogP contribution in [0.5, 0.6) is 0 Å². The second kappa shape index (κ2) is 6.06. The number of anilines is 1. The first kappa shape index (κ1) is 13.9. The number of benzene rings is 1. The van der Waals surface area contributed by atoms with Crippen LogP contribution in [0.25, 0.3) is 0 Å². The van der Waals surface area contributed by atoms with Gasteiger partial charge in [0.05, 0.1) is 6.10 Å². The number of hydrogen-bond donors (Lipinski definition) is 1. The van der Waals surface area contributed by atoms with Crippen LogP contribution in [0, 0.1) is 0 Å². The molecular weight excluding hydrogens is 240 g/mol. The van der Waals surface area contributed by atoms with Gasteiger partial charge in [-0.15, -0.1) is 0 Å². The van der Waals surface area contributed by atoms with E-state index in [0.29, 0.717) is 25.9 Å². The fraction of sp³-hybridized carbons (Fsp3) is 0.533. The number of carbonyl (C=O) groups is 1. The highest BCUT2D eigenvalue weighted by Gasteiger charge is 2.23. The summed E-state index contributed by atoms with van der Waals surface area (Å²) in [5.74, 6) is 0.147. The van der Waals surface area contributed by atoms with Crippen LogP contribution in [0.15, 0.2) is 24.3 Å². The van der Waals surface area contributed by atoms with Crippen molar-refractivity contribution in [1.82, 2.24) is 4.90 Å². The van der Waals surface area contributed by atoms with Crippen molar-refractivity contribution in [2.45, 2.75) is 25.4 Å². The van der Waals surface area contributed by atoms with Crippen molar-refractivity contribution in [3.63, 3.8) is 0 Å². The van der Waals surface area contributed by atoms with Crippen LogP contribution in [0.4, 0.5) is 5.69 Å². The number of aliphatic hydroxyl groups excluding tert-OH is 1. The Morgan fingerprint density at radius 3 is 2.58 bits per heavy atom. The minimum absolute atomic E-state index is 0.147. The van der Waals surface area contributed by atoms with E-state index in [4.69, 9.17) is 0 Å². The van der Waals surface area contributed by atoms with Crippen molar-refractivity contribution in [2.24, 2.45) is 0 Å². The highest BCUT2D eigenvalue weighted by Crippen LogP contribution is 2.15. The van der Waals surface area contributed by atoms with E-state index < -0.39 is 0 Å². The zero-order valence-corrected chi connectivity index (χ0v) is 11.7. The van der Waals surface area contributed by atoms with Crippen molar-refractivity contribution >= 4 is 11.6 Å². The van der Waals surface area contributed by atoms with Gasteiger partial charge in [0.2, 0.25) is 5.91 Å². The van der Waals surface area contributed by atoms with E-state index in [0.717, 1.165) is 12.1 Å². The molecule has 1 heterocycles. The summed E-state index contributed by atoms with van der Waals surface area (Å²) in [4.78, 5) is 15.8. The molecule has 0 bridgehead atoms. The molecule has 19 heavy (non-hydrogen) atoms. The van der Waals surface area contributed by atoms with Gasteiger partial charge in [0.15, 0.2) is 0 Å². The van der Waals surface area contributed by atoms with Gasteiger partial charge < -0.3 is 14.9 Å². The van der Waals surface area contributed by atoms with Crippen molar-refractivity contribution in [1.29, 1.82) is 0 Å². The summed E-state index contributed by atoms with van der Waals surface area (Å²) in [6.45, 7) is 1.19. The van der Waals surface area contributed by atoms with Crippen LogP contribution in [0.1, 0.15) is 18.4 Å². The summed E-state index contributed by atoms with van der Waals surface area (Å²) >= 11 is 0. The average Bonchev–Trinajstić information content (AvgIpc) is 2.83. The van der Waals surface area contributed by atoms with Crippen LogP contribution in [0.3, 0.4) is 0 Å². The predicted octanol–water partition coefficient (Wildman–Crippen LogP) is 1.28. The Balaban J connectivity index is 1.83. The van der Waals surface area contributed by atoms with Gasteiger partial charge in [-0.25, -0.2) is 0 Å². The molecule has 1 N–H and O–H groups in total. The molecule has 0 radical (unpaired) electrons. The van der Waals surface area contributed by atoms with Gasteiger partial charge in [-0.05, 0) is 30.5 Å². The number of amides is 1. The van der Waals surface area contributed by atoms with Gasteiger partial charge in [-0.1, -0.05) is 12.1 Å². The lowest BCUT2D eigenvalue weighted by atomic mass is 10.1. The van der Waals surface area contributed by atoms with E-state index >= 15 is 0 Å². The fourth-order valence-electron chi connectivity index (χ4n) is 2.34. The Bertz CT molecular complexity index is 428. The lowest BCUT2D eigenvalue weighted by Gasteiger charge is -2.16. The molecule has 0 aromatic heterocycles. The summed E-state index contributed by atoms with van der Waals surface area (Å²) < 4.78 is 0. The van der Waals surface area contributed by atoms with E-state index in [2.05, 4.69) is 29.2 Å². The number of nitrogens with zero attached hydrogens (tertiary/aromatic N) is 2. The number of rotatable bonds is 4. The van der Waals surface area contributed by atoms with E-state index in [1.54, 1.807) is 4.90 Å². The maximum absolute atomic E-state index is 11.9. The molecule has 4 heteroatoms. The summed E-state index contributed by atoms with van der Waals surface area (Å²) in [6, 6.07) is 8.28. The smallest absolute Gasteiger partial charge is 0.222 e. The molecule has 4 nitrogen and oxygen atoms in total. The summed E-state index contributed by atoms with van der Waals surface area (Å²) in [6.07, 6.45) is 1.67. The van der Waals surface area contributed by atoms with E-state index in [9.17, 15) is 9.90 Å². The molecular formula is C15H22N2O2. The van der Waals surface area contributed by atoms with Gasteiger partial charge in [-0.2, -0.15) is 0 Å². The van der Waals surface area contributed by atoms with Gasteiger partial charge in [0, 0.05) is 39.3 Å². The summed E-state index contributed by atoms with van der Waals surface area (Å²) in [5.41, 5.74) is 2.34. The molecule has 1 aromatic carbocycles. The van der Waals surface area contributed by atoms with Gasteiger partial charge in [0.1, 0.15) is 0 Å². The number of hydrogen-bond acceptors (Lipinski definition) is 3. The molecule has 1 fully saturated rings. The summed E-state index contributed by atoms with van der Waals surface area (Å²) in [5, 5.41) is 9.42. The van der Waals surface area contributed by atoms with Crippen LogP contribution in [-0.4, -0.2) is 49.2 Å². The third kappa shape index (κ3) is 3.70. The maximum Gasteiger partial charge on any atom is 0.222 e. The Labute approximate surface area is 114 Å². The lowest BCUT2D eigenvalue weighted by molar-refractivity contribution is -0.130. The van der Waals surface area contributed by atoms with E-state index in [1.807, 2.05) is 14.1 Å². The minimum atomic E-state index is -0.330. The molecule has 1 aromatic rings. The maximum atomic E-state index is 11.9. The molecule has 1 atom stereocenters. The molecule has 0 unspecified atom stereocenters. The van der Waals surface area contributed by atoms with Crippen molar-refractivity contribution in [2.75, 3.05) is 32.1 Å². The zero-order valence-electron chi connectivity index (χ0n) is 11.7. The Morgan fingerprint density at radius 2 is 2.05 bits per heavy atom. The largest absolute Gasteiger partial charge is 0.391 e. The van der Waals surface area contributed by atoms with Gasteiger partial charge >= 0.3 is 0 Å². The van der Waals surface area contributed by atoms with Crippen LogP contribution >= 0.6 is 0 Å². The van der Waals surface area contributed by atoms with Gasteiger partial charge in [0.25, 0.3) is 0 Å². The van der Waals surface area contributed by atoms with Crippen LogP contribution in [-0.2, 0) is 11.2 Å². The topological polar surface area (TPSA) is 43.8 Å². The second-order valence-corrected chi connectivity index (χ2v) is 5.34. The molecule has 0 spiro atoms. The molecule has 1 amide bonds. The normalized spacial score (nSPS) is 18.7. The highest BCUT2D eigenvalue weighted by molar-refractivity contribution is 5.76. The number of likely N-dealkylation sites (tertiary alicyclic amines) is 1. The lowest BCUT2D eigenvalue weighted by Crippen LogP contribution is -2.29. The van der Waals surface area contributed by atoms with E-state index in [1.165, 1.54) is 5.56 Å². The first-order valence-corrected chi connectivity index (χ1v) is 6.78. The first-order chi connectivity index (χ1) is 9.06. The van der Waals surface area contributed by atoms with Crippen LogP contribution < -0.4 is 4.90 Å².